The molecule has 0 radical (unpaired) electrons. The first-order valence-corrected chi connectivity index (χ1v) is 8.63. The lowest BCUT2D eigenvalue weighted by atomic mass is 9.93. The molecule has 1 aromatic rings. The predicted octanol–water partition coefficient (Wildman–Crippen LogP) is 1.46. The quantitative estimate of drug-likeness (QED) is 0.826. The van der Waals surface area contributed by atoms with E-state index in [9.17, 15) is 5.11 Å². The number of piperidine rings is 1. The molecule has 3 N–H and O–H groups in total. The highest BCUT2D eigenvalue weighted by Crippen LogP contribution is 2.28. The van der Waals surface area contributed by atoms with Crippen LogP contribution in [0, 0.1) is 12.8 Å². The van der Waals surface area contributed by atoms with Crippen LogP contribution in [0.3, 0.4) is 0 Å². The number of β-amino-alcohol motifs (C(OH)–C–C–N with tert-alkyl or cyclic N) is 1. The van der Waals surface area contributed by atoms with Crippen LogP contribution in [0.1, 0.15) is 37.4 Å². The van der Waals surface area contributed by atoms with E-state index < -0.39 is 0 Å². The molecule has 1 aliphatic rings. The Morgan fingerprint density at radius 3 is 2.70 bits per heavy atom. The van der Waals surface area contributed by atoms with Crippen LogP contribution in [0.25, 0.3) is 0 Å². The molecule has 0 amide bonds. The number of unbranched alkanes of at least 4 members (excludes halogenated alkanes) is 1. The monoisotopic (exact) mass is 321 g/mol. The summed E-state index contributed by atoms with van der Waals surface area (Å²) in [5, 5.41) is 10.5. The normalized spacial score (nSPS) is 21.9. The molecule has 130 valence electrons. The summed E-state index contributed by atoms with van der Waals surface area (Å²) in [4.78, 5) is 13.2. The van der Waals surface area contributed by atoms with Crippen molar-refractivity contribution in [1.29, 1.82) is 0 Å². The molecule has 1 aliphatic heterocycles. The minimum Gasteiger partial charge on any atom is -0.391 e. The molecule has 0 unspecified atom stereocenters. The van der Waals surface area contributed by atoms with Crippen molar-refractivity contribution in [2.24, 2.45) is 5.92 Å². The second-order valence-electron chi connectivity index (χ2n) is 6.90. The third-order valence-electron chi connectivity index (χ3n) is 4.61. The molecule has 1 fully saturated rings. The molecule has 23 heavy (non-hydrogen) atoms. The van der Waals surface area contributed by atoms with Crippen molar-refractivity contribution in [3.05, 3.63) is 11.3 Å². The van der Waals surface area contributed by atoms with Crippen LogP contribution < -0.4 is 10.6 Å². The van der Waals surface area contributed by atoms with Gasteiger partial charge in [0.1, 0.15) is 5.82 Å². The van der Waals surface area contributed by atoms with Gasteiger partial charge in [-0.3, -0.25) is 0 Å². The maximum absolute atomic E-state index is 10.5. The highest BCUT2D eigenvalue weighted by molar-refractivity contribution is 5.52. The van der Waals surface area contributed by atoms with Gasteiger partial charge in [0.25, 0.3) is 0 Å². The molecule has 0 spiro atoms. The number of anilines is 2. The van der Waals surface area contributed by atoms with Gasteiger partial charge in [0.2, 0.25) is 5.95 Å². The van der Waals surface area contributed by atoms with Crippen LogP contribution in [-0.4, -0.2) is 59.8 Å². The second kappa shape index (κ2) is 7.93. The first-order valence-electron chi connectivity index (χ1n) is 8.63. The van der Waals surface area contributed by atoms with Gasteiger partial charge in [-0.1, -0.05) is 13.3 Å². The lowest BCUT2D eigenvalue weighted by Gasteiger charge is -2.38. The maximum atomic E-state index is 10.5. The van der Waals surface area contributed by atoms with Gasteiger partial charge in [0.05, 0.1) is 6.10 Å². The number of aromatic nitrogens is 2. The molecule has 2 atom stereocenters. The lowest BCUT2D eigenvalue weighted by molar-refractivity contribution is 0.0763. The molecular formula is C17H31N5O. The Balaban J connectivity index is 2.18. The number of hydrogen-bond acceptors (Lipinski definition) is 6. The van der Waals surface area contributed by atoms with Crippen LogP contribution in [0.2, 0.25) is 0 Å². The Hall–Kier alpha value is -1.40. The molecule has 6 nitrogen and oxygen atoms in total. The van der Waals surface area contributed by atoms with Crippen LogP contribution >= 0.6 is 0 Å². The summed E-state index contributed by atoms with van der Waals surface area (Å²) in [6, 6.07) is 0. The number of aliphatic hydroxyl groups excluding tert-OH is 1. The topological polar surface area (TPSA) is 78.5 Å². The van der Waals surface area contributed by atoms with E-state index in [1.165, 1.54) is 5.56 Å². The largest absolute Gasteiger partial charge is 0.391 e. The van der Waals surface area contributed by atoms with Gasteiger partial charge in [-0.15, -0.1) is 0 Å². The number of aliphatic hydroxyl groups is 1. The molecule has 1 aromatic heterocycles. The van der Waals surface area contributed by atoms with E-state index in [0.29, 0.717) is 18.4 Å². The second-order valence-corrected chi connectivity index (χ2v) is 6.90. The minimum absolute atomic E-state index is 0.320. The van der Waals surface area contributed by atoms with Crippen molar-refractivity contribution in [3.8, 4) is 0 Å². The van der Waals surface area contributed by atoms with Crippen molar-refractivity contribution in [2.75, 3.05) is 44.4 Å². The van der Waals surface area contributed by atoms with Crippen molar-refractivity contribution >= 4 is 11.8 Å². The van der Waals surface area contributed by atoms with Crippen LogP contribution in [0.5, 0.6) is 0 Å². The molecule has 2 rings (SSSR count). The van der Waals surface area contributed by atoms with Gasteiger partial charge in [0, 0.05) is 36.8 Å². The van der Waals surface area contributed by atoms with Crippen molar-refractivity contribution in [2.45, 2.75) is 45.6 Å². The first-order chi connectivity index (χ1) is 10.9. The predicted molar refractivity (Wildman–Crippen MR) is 94.7 cm³/mol. The van der Waals surface area contributed by atoms with E-state index in [0.717, 1.165) is 50.3 Å². The zero-order chi connectivity index (χ0) is 17.0. The van der Waals surface area contributed by atoms with Crippen molar-refractivity contribution in [1.82, 2.24) is 14.9 Å². The fraction of sp³-hybridized carbons (Fsp3) is 0.765. The average Bonchev–Trinajstić information content (AvgIpc) is 2.47. The molecule has 2 heterocycles. The van der Waals surface area contributed by atoms with Crippen LogP contribution in [0.4, 0.5) is 11.8 Å². The molecule has 0 aromatic carbocycles. The van der Waals surface area contributed by atoms with Crippen LogP contribution in [-0.2, 0) is 6.42 Å². The molecule has 1 saturated heterocycles. The number of nitrogens with two attached hydrogens (primary N) is 1. The Bertz CT molecular complexity index is 520. The third-order valence-corrected chi connectivity index (χ3v) is 4.61. The van der Waals surface area contributed by atoms with Gasteiger partial charge in [0.15, 0.2) is 0 Å². The number of nitrogen functional groups attached to an aromatic ring is 1. The summed E-state index contributed by atoms with van der Waals surface area (Å²) < 4.78 is 0. The number of nitrogens with zero attached hydrogens (tertiary/aromatic N) is 4. The summed E-state index contributed by atoms with van der Waals surface area (Å²) in [7, 11) is 4.10. The lowest BCUT2D eigenvalue weighted by Crippen LogP contribution is -2.47. The third kappa shape index (κ3) is 4.54. The standard InChI is InChI=1S/C17H31N5O/c1-5-6-7-14-12(2)19-17(18)20-16(14)22-9-8-13(10-21(3)4)15(23)11-22/h13,15,23H,5-11H2,1-4H3,(H2,18,19,20)/t13-,15+/m0/s1. The Kier molecular flexibility index (Phi) is 6.18. The zero-order valence-corrected chi connectivity index (χ0v) is 14.9. The van der Waals surface area contributed by atoms with E-state index in [1.807, 2.05) is 6.92 Å². The fourth-order valence-corrected chi connectivity index (χ4v) is 3.36. The van der Waals surface area contributed by atoms with E-state index in [4.69, 9.17) is 5.73 Å². The number of rotatable bonds is 6. The molecular weight excluding hydrogens is 290 g/mol. The number of hydrogen-bond donors (Lipinski definition) is 2. The SMILES string of the molecule is CCCCc1c(C)nc(N)nc1N1CC[C@@H](CN(C)C)[C@H](O)C1. The van der Waals surface area contributed by atoms with Crippen molar-refractivity contribution < 1.29 is 5.11 Å². The van der Waals surface area contributed by atoms with E-state index in [2.05, 4.69) is 40.8 Å². The first kappa shape index (κ1) is 17.9. The molecule has 0 saturated carbocycles. The van der Waals surface area contributed by atoms with Gasteiger partial charge < -0.3 is 20.6 Å². The van der Waals surface area contributed by atoms with Gasteiger partial charge in [-0.05, 0) is 40.3 Å². The summed E-state index contributed by atoms with van der Waals surface area (Å²) in [5.74, 6) is 1.56. The minimum atomic E-state index is -0.332. The molecule has 0 aliphatic carbocycles. The van der Waals surface area contributed by atoms with Crippen LogP contribution in [0.15, 0.2) is 0 Å². The fourth-order valence-electron chi connectivity index (χ4n) is 3.36. The number of aryl methyl sites for hydroxylation is 1. The zero-order valence-electron chi connectivity index (χ0n) is 14.9. The summed E-state index contributed by atoms with van der Waals surface area (Å²) >= 11 is 0. The Labute approximate surface area is 139 Å². The van der Waals surface area contributed by atoms with Crippen molar-refractivity contribution in [3.63, 3.8) is 0 Å². The Morgan fingerprint density at radius 2 is 2.09 bits per heavy atom. The smallest absolute Gasteiger partial charge is 0.222 e. The molecule has 0 bridgehead atoms. The highest BCUT2D eigenvalue weighted by Gasteiger charge is 2.30. The summed E-state index contributed by atoms with van der Waals surface area (Å²) in [5.41, 5.74) is 8.02. The van der Waals surface area contributed by atoms with E-state index in [1.54, 1.807) is 0 Å². The van der Waals surface area contributed by atoms with Gasteiger partial charge in [-0.25, -0.2) is 4.98 Å². The maximum Gasteiger partial charge on any atom is 0.222 e. The summed E-state index contributed by atoms with van der Waals surface area (Å²) in [6.45, 7) is 6.63. The van der Waals surface area contributed by atoms with Gasteiger partial charge in [-0.2, -0.15) is 4.98 Å². The van der Waals surface area contributed by atoms with E-state index >= 15 is 0 Å². The Morgan fingerprint density at radius 1 is 1.35 bits per heavy atom. The van der Waals surface area contributed by atoms with E-state index in [-0.39, 0.29) is 6.10 Å². The average molecular weight is 321 g/mol. The highest BCUT2D eigenvalue weighted by atomic mass is 16.3. The summed E-state index contributed by atoms with van der Waals surface area (Å²) in [6.07, 6.45) is 3.85. The molecule has 6 heteroatoms. The van der Waals surface area contributed by atoms with Gasteiger partial charge >= 0.3 is 0 Å².